The van der Waals surface area contributed by atoms with Crippen LogP contribution in [0.3, 0.4) is 0 Å². The maximum atomic E-state index is 12.6. The number of hydrogen-bond acceptors (Lipinski definition) is 4. The molecule has 1 saturated heterocycles. The van der Waals surface area contributed by atoms with Crippen LogP contribution in [-0.2, 0) is 14.8 Å². The molecule has 0 aromatic heterocycles. The van der Waals surface area contributed by atoms with E-state index in [9.17, 15) is 13.2 Å². The fourth-order valence-electron chi connectivity index (χ4n) is 2.87. The summed E-state index contributed by atoms with van der Waals surface area (Å²) in [6, 6.07) is 5.29. The molecule has 2 heterocycles. The Labute approximate surface area is 129 Å². The second-order valence-corrected chi connectivity index (χ2v) is 7.53. The fraction of sp³-hybridized carbons (Fsp3) is 0.400. The van der Waals surface area contributed by atoms with Gasteiger partial charge in [-0.15, -0.1) is 0 Å². The Morgan fingerprint density at radius 3 is 2.55 bits per heavy atom. The van der Waals surface area contributed by atoms with Crippen molar-refractivity contribution in [2.45, 2.75) is 23.3 Å². The number of aromatic carboxylic acids is 1. The number of carbonyl (C=O) groups is 1. The first-order chi connectivity index (χ1) is 10.4. The van der Waals surface area contributed by atoms with Gasteiger partial charge in [-0.3, -0.25) is 0 Å². The zero-order valence-corrected chi connectivity index (χ0v) is 12.8. The average Bonchev–Trinajstić information content (AvgIpc) is 2.92. The van der Waals surface area contributed by atoms with Gasteiger partial charge in [-0.1, -0.05) is 12.2 Å². The van der Waals surface area contributed by atoms with E-state index in [1.165, 1.54) is 28.6 Å². The number of nitrogens with zero attached hydrogens (tertiary/aromatic N) is 1. The molecular weight excluding hydrogens is 306 g/mol. The van der Waals surface area contributed by atoms with E-state index in [0.29, 0.717) is 26.1 Å². The summed E-state index contributed by atoms with van der Waals surface area (Å²) in [7, 11) is -3.62. The smallest absolute Gasteiger partial charge is 0.335 e. The Morgan fingerprint density at radius 1 is 1.23 bits per heavy atom. The molecule has 0 aliphatic carbocycles. The molecular formula is C15H17NO5S. The van der Waals surface area contributed by atoms with Gasteiger partial charge in [0, 0.05) is 13.1 Å². The molecule has 3 rings (SSSR count). The zero-order chi connectivity index (χ0) is 15.8. The van der Waals surface area contributed by atoms with E-state index in [1.807, 2.05) is 12.2 Å². The van der Waals surface area contributed by atoms with Crippen molar-refractivity contribution in [3.63, 3.8) is 0 Å². The van der Waals surface area contributed by atoms with E-state index in [2.05, 4.69) is 0 Å². The molecule has 1 N–H and O–H groups in total. The van der Waals surface area contributed by atoms with Crippen LogP contribution in [0.4, 0.5) is 0 Å². The van der Waals surface area contributed by atoms with Crippen LogP contribution in [0.2, 0.25) is 0 Å². The lowest BCUT2D eigenvalue weighted by molar-refractivity contribution is -0.0236. The van der Waals surface area contributed by atoms with Crippen LogP contribution >= 0.6 is 0 Å². The molecule has 0 saturated carbocycles. The third-order valence-corrected chi connectivity index (χ3v) is 6.02. The van der Waals surface area contributed by atoms with Gasteiger partial charge in [-0.25, -0.2) is 13.2 Å². The highest BCUT2D eigenvalue weighted by Gasteiger charge is 2.43. The maximum absolute atomic E-state index is 12.6. The predicted molar refractivity (Wildman–Crippen MR) is 79.2 cm³/mol. The summed E-state index contributed by atoms with van der Waals surface area (Å²) in [5, 5.41) is 8.87. The molecule has 1 spiro atoms. The Balaban J connectivity index is 1.81. The van der Waals surface area contributed by atoms with Crippen molar-refractivity contribution in [1.29, 1.82) is 0 Å². The fourth-order valence-corrected chi connectivity index (χ4v) is 4.38. The number of carboxylic acids is 1. The molecule has 0 bridgehead atoms. The number of carboxylic acid groups (broad SMARTS) is 1. The first-order valence-electron chi connectivity index (χ1n) is 7.05. The molecule has 0 amide bonds. The summed E-state index contributed by atoms with van der Waals surface area (Å²) >= 11 is 0. The molecule has 1 aromatic carbocycles. The van der Waals surface area contributed by atoms with Crippen molar-refractivity contribution in [2.24, 2.45) is 0 Å². The largest absolute Gasteiger partial charge is 0.478 e. The Bertz CT molecular complexity index is 710. The summed E-state index contributed by atoms with van der Waals surface area (Å²) in [6.07, 6.45) is 5.36. The molecule has 2 aliphatic heterocycles. The molecule has 1 fully saturated rings. The van der Waals surface area contributed by atoms with Crippen molar-refractivity contribution < 1.29 is 23.1 Å². The molecule has 7 heteroatoms. The summed E-state index contributed by atoms with van der Waals surface area (Å²) in [4.78, 5) is 10.9. The lowest BCUT2D eigenvalue weighted by Gasteiger charge is -2.30. The Kier molecular flexibility index (Phi) is 3.80. The molecule has 2 aliphatic rings. The van der Waals surface area contributed by atoms with E-state index >= 15 is 0 Å². The lowest BCUT2D eigenvalue weighted by atomic mass is 9.97. The van der Waals surface area contributed by atoms with Crippen LogP contribution < -0.4 is 0 Å². The van der Waals surface area contributed by atoms with Crippen molar-refractivity contribution in [1.82, 2.24) is 4.31 Å². The van der Waals surface area contributed by atoms with Gasteiger partial charge >= 0.3 is 5.97 Å². The average molecular weight is 323 g/mol. The van der Waals surface area contributed by atoms with Crippen molar-refractivity contribution in [3.05, 3.63) is 42.0 Å². The van der Waals surface area contributed by atoms with Crippen molar-refractivity contribution in [2.75, 3.05) is 19.7 Å². The second-order valence-electron chi connectivity index (χ2n) is 5.59. The molecule has 118 valence electrons. The first-order valence-corrected chi connectivity index (χ1v) is 8.49. The van der Waals surface area contributed by atoms with Crippen LogP contribution in [0.15, 0.2) is 41.3 Å². The number of benzene rings is 1. The van der Waals surface area contributed by atoms with Gasteiger partial charge in [-0.05, 0) is 37.1 Å². The van der Waals surface area contributed by atoms with Crippen LogP contribution in [0, 0.1) is 0 Å². The maximum Gasteiger partial charge on any atom is 0.335 e. The standard InChI is InChI=1S/C15H17NO5S/c17-14(18)12-3-5-13(6-4-12)22(19,20)16-9-8-15(11-16)7-1-2-10-21-15/h1-6H,7-11H2,(H,17,18). The van der Waals surface area contributed by atoms with Crippen LogP contribution in [0.5, 0.6) is 0 Å². The van der Waals surface area contributed by atoms with E-state index in [4.69, 9.17) is 9.84 Å². The molecule has 1 unspecified atom stereocenters. The van der Waals surface area contributed by atoms with Gasteiger partial charge in [0.05, 0.1) is 22.7 Å². The minimum atomic E-state index is -3.62. The summed E-state index contributed by atoms with van der Waals surface area (Å²) in [6.45, 7) is 1.26. The van der Waals surface area contributed by atoms with Gasteiger partial charge in [0.25, 0.3) is 0 Å². The number of ether oxygens (including phenoxy) is 1. The molecule has 1 aromatic rings. The second kappa shape index (κ2) is 5.49. The van der Waals surface area contributed by atoms with Crippen LogP contribution in [-0.4, -0.2) is 49.1 Å². The van der Waals surface area contributed by atoms with Gasteiger partial charge < -0.3 is 9.84 Å². The molecule has 1 atom stereocenters. The lowest BCUT2D eigenvalue weighted by Crippen LogP contribution is -2.39. The molecule has 0 radical (unpaired) electrons. The topological polar surface area (TPSA) is 83.9 Å². The third kappa shape index (κ3) is 2.67. The van der Waals surface area contributed by atoms with Crippen molar-refractivity contribution in [3.8, 4) is 0 Å². The highest BCUT2D eigenvalue weighted by Crippen LogP contribution is 2.34. The van der Waals surface area contributed by atoms with E-state index < -0.39 is 21.6 Å². The highest BCUT2D eigenvalue weighted by atomic mass is 32.2. The Morgan fingerprint density at radius 2 is 1.95 bits per heavy atom. The summed E-state index contributed by atoms with van der Waals surface area (Å²) in [5.41, 5.74) is -0.347. The van der Waals surface area contributed by atoms with E-state index in [0.717, 1.165) is 6.42 Å². The van der Waals surface area contributed by atoms with Gasteiger partial charge in [-0.2, -0.15) is 4.31 Å². The monoisotopic (exact) mass is 323 g/mol. The van der Waals surface area contributed by atoms with Crippen LogP contribution in [0.1, 0.15) is 23.2 Å². The van der Waals surface area contributed by atoms with Gasteiger partial charge in [0.1, 0.15) is 0 Å². The SMILES string of the molecule is O=C(O)c1ccc(S(=O)(=O)N2CCC3(CC=CCO3)C2)cc1. The Hall–Kier alpha value is -1.70. The third-order valence-electron chi connectivity index (χ3n) is 4.16. The summed E-state index contributed by atoms with van der Waals surface area (Å²) in [5.74, 6) is -1.08. The van der Waals surface area contributed by atoms with Crippen LogP contribution in [0.25, 0.3) is 0 Å². The number of rotatable bonds is 3. The van der Waals surface area contributed by atoms with Gasteiger partial charge in [0.15, 0.2) is 0 Å². The molecule has 6 nitrogen and oxygen atoms in total. The first kappa shape index (κ1) is 15.2. The molecule has 22 heavy (non-hydrogen) atoms. The zero-order valence-electron chi connectivity index (χ0n) is 11.9. The van der Waals surface area contributed by atoms with Gasteiger partial charge in [0.2, 0.25) is 10.0 Å². The van der Waals surface area contributed by atoms with Crippen molar-refractivity contribution >= 4 is 16.0 Å². The predicted octanol–water partition coefficient (Wildman–Crippen LogP) is 1.49. The normalized spacial score (nSPS) is 25.6. The minimum absolute atomic E-state index is 0.0672. The quantitative estimate of drug-likeness (QED) is 0.852. The highest BCUT2D eigenvalue weighted by molar-refractivity contribution is 7.89. The van der Waals surface area contributed by atoms with E-state index in [-0.39, 0.29) is 10.5 Å². The summed E-state index contributed by atoms with van der Waals surface area (Å²) < 4.78 is 32.5. The number of hydrogen-bond donors (Lipinski definition) is 1. The van der Waals surface area contributed by atoms with E-state index in [1.54, 1.807) is 0 Å². The number of sulfonamides is 1. The minimum Gasteiger partial charge on any atom is -0.478 e.